The Morgan fingerprint density at radius 2 is 2.12 bits per heavy atom. The van der Waals surface area contributed by atoms with Crippen molar-refractivity contribution in [3.05, 3.63) is 29.6 Å². The third kappa shape index (κ3) is 2.27. The van der Waals surface area contributed by atoms with Crippen molar-refractivity contribution in [1.82, 2.24) is 9.55 Å². The minimum absolute atomic E-state index is 0.193. The molecule has 5 heteroatoms. The van der Waals surface area contributed by atoms with Crippen LogP contribution in [0.25, 0.3) is 11.0 Å². The fourth-order valence-electron chi connectivity index (χ4n) is 1.87. The van der Waals surface area contributed by atoms with E-state index in [0.29, 0.717) is 17.9 Å². The summed E-state index contributed by atoms with van der Waals surface area (Å²) < 4.78 is 28.5. The Labute approximate surface area is 103 Å². The van der Waals surface area contributed by atoms with Gasteiger partial charge in [0.2, 0.25) is 0 Å². The number of hydrogen-bond acceptors (Lipinski definition) is 1. The molecule has 2 aromatic rings. The average molecular weight is 259 g/mol. The largest absolute Gasteiger partial charge is 0.327 e. The molecular weight excluding hydrogens is 246 g/mol. The lowest BCUT2D eigenvalue weighted by molar-refractivity contribution is 0.588. The monoisotopic (exact) mass is 258 g/mol. The van der Waals surface area contributed by atoms with E-state index in [2.05, 4.69) is 11.9 Å². The Bertz CT molecular complexity index is 537. The van der Waals surface area contributed by atoms with Gasteiger partial charge in [-0.05, 0) is 12.5 Å². The minimum atomic E-state index is -0.637. The first-order valence-corrected chi connectivity index (χ1v) is 6.11. The molecule has 0 fully saturated rings. The molecule has 0 aliphatic rings. The summed E-state index contributed by atoms with van der Waals surface area (Å²) in [6.45, 7) is 2.73. The molecule has 1 aromatic carbocycles. The standard InChI is InChI=1S/C12H13ClF2N2/c1-2-3-4-17-10-6-8(14)5-9(15)12(10)16-11(17)7-13/h5-6H,2-4,7H2,1H3. The zero-order chi connectivity index (χ0) is 12.4. The molecule has 0 bridgehead atoms. The van der Waals surface area contributed by atoms with E-state index in [1.54, 1.807) is 4.57 Å². The third-order valence-electron chi connectivity index (χ3n) is 2.71. The van der Waals surface area contributed by atoms with Crippen LogP contribution >= 0.6 is 11.6 Å². The molecule has 2 nitrogen and oxygen atoms in total. The summed E-state index contributed by atoms with van der Waals surface area (Å²) in [5.74, 6) is -0.450. The van der Waals surface area contributed by atoms with Gasteiger partial charge in [-0.25, -0.2) is 13.8 Å². The molecule has 0 aliphatic heterocycles. The van der Waals surface area contributed by atoms with Crippen LogP contribution in [0.2, 0.25) is 0 Å². The number of alkyl halides is 1. The van der Waals surface area contributed by atoms with E-state index < -0.39 is 11.6 Å². The van der Waals surface area contributed by atoms with Gasteiger partial charge < -0.3 is 4.57 Å². The Morgan fingerprint density at radius 1 is 1.35 bits per heavy atom. The quantitative estimate of drug-likeness (QED) is 0.762. The number of aryl methyl sites for hydroxylation is 1. The lowest BCUT2D eigenvalue weighted by atomic mass is 10.2. The van der Waals surface area contributed by atoms with E-state index in [1.807, 2.05) is 0 Å². The molecule has 2 rings (SSSR count). The van der Waals surface area contributed by atoms with Gasteiger partial charge in [0.1, 0.15) is 17.2 Å². The van der Waals surface area contributed by atoms with Crippen LogP contribution in [0.5, 0.6) is 0 Å². The summed E-state index contributed by atoms with van der Waals surface area (Å²) in [7, 11) is 0. The van der Waals surface area contributed by atoms with Crippen molar-refractivity contribution in [2.75, 3.05) is 0 Å². The van der Waals surface area contributed by atoms with Crippen molar-refractivity contribution in [3.8, 4) is 0 Å². The maximum atomic E-state index is 13.5. The molecule has 0 saturated heterocycles. The summed E-state index contributed by atoms with van der Waals surface area (Å²) in [5.41, 5.74) is 0.671. The molecule has 0 amide bonds. The summed E-state index contributed by atoms with van der Waals surface area (Å²) >= 11 is 5.78. The SMILES string of the molecule is CCCCn1c(CCl)nc2c(F)cc(F)cc21. The average Bonchev–Trinajstić information content (AvgIpc) is 2.64. The number of imidazole rings is 1. The van der Waals surface area contributed by atoms with Gasteiger partial charge in [-0.3, -0.25) is 0 Å². The van der Waals surface area contributed by atoms with Crippen LogP contribution in [-0.4, -0.2) is 9.55 Å². The van der Waals surface area contributed by atoms with Crippen LogP contribution in [0.1, 0.15) is 25.6 Å². The van der Waals surface area contributed by atoms with Crippen LogP contribution in [0, 0.1) is 11.6 Å². The second kappa shape index (κ2) is 5.00. The van der Waals surface area contributed by atoms with E-state index in [9.17, 15) is 8.78 Å². The minimum Gasteiger partial charge on any atom is -0.327 e. The number of hydrogen-bond donors (Lipinski definition) is 0. The maximum Gasteiger partial charge on any atom is 0.153 e. The Kier molecular flexibility index (Phi) is 3.62. The molecule has 0 saturated carbocycles. The lowest BCUT2D eigenvalue weighted by Crippen LogP contribution is -2.02. The molecular formula is C12H13ClF2N2. The molecule has 0 N–H and O–H groups in total. The van der Waals surface area contributed by atoms with Gasteiger partial charge in [-0.1, -0.05) is 13.3 Å². The van der Waals surface area contributed by atoms with E-state index in [0.717, 1.165) is 18.9 Å². The zero-order valence-corrected chi connectivity index (χ0v) is 10.3. The number of unbranched alkanes of at least 4 members (excludes halogenated alkanes) is 1. The van der Waals surface area contributed by atoms with Crippen molar-refractivity contribution < 1.29 is 8.78 Å². The Hall–Kier alpha value is -1.16. The Balaban J connectivity index is 2.60. The van der Waals surface area contributed by atoms with Crippen molar-refractivity contribution in [1.29, 1.82) is 0 Å². The van der Waals surface area contributed by atoms with Crippen LogP contribution in [-0.2, 0) is 12.4 Å². The van der Waals surface area contributed by atoms with Gasteiger partial charge in [-0.2, -0.15) is 0 Å². The molecule has 1 aromatic heterocycles. The smallest absolute Gasteiger partial charge is 0.153 e. The van der Waals surface area contributed by atoms with Gasteiger partial charge in [0.15, 0.2) is 5.82 Å². The molecule has 0 spiro atoms. The highest BCUT2D eigenvalue weighted by molar-refractivity contribution is 6.16. The van der Waals surface area contributed by atoms with Crippen LogP contribution in [0.4, 0.5) is 8.78 Å². The summed E-state index contributed by atoms with van der Waals surface area (Å²) in [6, 6.07) is 2.15. The van der Waals surface area contributed by atoms with Gasteiger partial charge in [0.05, 0.1) is 11.4 Å². The van der Waals surface area contributed by atoms with Crippen LogP contribution in [0.3, 0.4) is 0 Å². The number of halogens is 3. The van der Waals surface area contributed by atoms with Crippen molar-refractivity contribution in [2.45, 2.75) is 32.2 Å². The van der Waals surface area contributed by atoms with Crippen LogP contribution < -0.4 is 0 Å². The molecule has 0 unspecified atom stereocenters. The van der Waals surface area contributed by atoms with Crippen molar-refractivity contribution in [3.63, 3.8) is 0 Å². The fourth-order valence-corrected chi connectivity index (χ4v) is 2.07. The first-order valence-electron chi connectivity index (χ1n) is 5.57. The normalized spacial score (nSPS) is 11.3. The number of fused-ring (bicyclic) bond motifs is 1. The molecule has 17 heavy (non-hydrogen) atoms. The first-order chi connectivity index (χ1) is 8.17. The first kappa shape index (κ1) is 12.3. The van der Waals surface area contributed by atoms with Crippen molar-refractivity contribution >= 4 is 22.6 Å². The number of nitrogens with zero attached hydrogens (tertiary/aromatic N) is 2. The van der Waals surface area contributed by atoms with E-state index >= 15 is 0 Å². The maximum absolute atomic E-state index is 13.5. The number of aromatic nitrogens is 2. The van der Waals surface area contributed by atoms with E-state index in [4.69, 9.17) is 11.6 Å². The number of rotatable bonds is 4. The van der Waals surface area contributed by atoms with Crippen LogP contribution in [0.15, 0.2) is 12.1 Å². The molecule has 92 valence electrons. The lowest BCUT2D eigenvalue weighted by Gasteiger charge is -2.06. The van der Waals surface area contributed by atoms with Gasteiger partial charge in [0.25, 0.3) is 0 Å². The highest BCUT2D eigenvalue weighted by Crippen LogP contribution is 2.22. The van der Waals surface area contributed by atoms with Crippen molar-refractivity contribution in [2.24, 2.45) is 0 Å². The number of benzene rings is 1. The van der Waals surface area contributed by atoms with E-state index in [-0.39, 0.29) is 11.4 Å². The summed E-state index contributed by atoms with van der Waals surface area (Å²) in [6.07, 6.45) is 1.92. The second-order valence-electron chi connectivity index (χ2n) is 3.92. The highest BCUT2D eigenvalue weighted by Gasteiger charge is 2.14. The van der Waals surface area contributed by atoms with Gasteiger partial charge in [-0.15, -0.1) is 11.6 Å². The molecule has 0 atom stereocenters. The zero-order valence-electron chi connectivity index (χ0n) is 9.51. The van der Waals surface area contributed by atoms with Gasteiger partial charge in [0, 0.05) is 12.6 Å². The third-order valence-corrected chi connectivity index (χ3v) is 2.95. The van der Waals surface area contributed by atoms with E-state index in [1.165, 1.54) is 6.07 Å². The predicted octanol–water partition coefficient (Wildman–Crippen LogP) is 3.85. The van der Waals surface area contributed by atoms with Gasteiger partial charge >= 0.3 is 0 Å². The summed E-state index contributed by atoms with van der Waals surface area (Å²) in [5, 5.41) is 0. The molecule has 0 radical (unpaired) electrons. The predicted molar refractivity (Wildman–Crippen MR) is 64.1 cm³/mol. The second-order valence-corrected chi connectivity index (χ2v) is 4.19. The molecule has 0 aliphatic carbocycles. The fraction of sp³-hybridized carbons (Fsp3) is 0.417. The summed E-state index contributed by atoms with van der Waals surface area (Å²) in [4.78, 5) is 4.11. The molecule has 1 heterocycles. The topological polar surface area (TPSA) is 17.8 Å². The Morgan fingerprint density at radius 3 is 2.76 bits per heavy atom. The highest BCUT2D eigenvalue weighted by atomic mass is 35.5.